The molecule has 4 N–H and O–H groups in total. The molecular weight excluding hydrogens is 254 g/mol. The van der Waals surface area contributed by atoms with Crippen LogP contribution in [0.25, 0.3) is 11.4 Å². The zero-order chi connectivity index (χ0) is 14.3. The Balaban J connectivity index is 2.01. The molecule has 0 spiro atoms. The van der Waals surface area contributed by atoms with Gasteiger partial charge < -0.3 is 11.1 Å². The lowest BCUT2D eigenvalue weighted by Crippen LogP contribution is -2.26. The van der Waals surface area contributed by atoms with Gasteiger partial charge in [0.1, 0.15) is 5.82 Å². The summed E-state index contributed by atoms with van der Waals surface area (Å²) in [4.78, 5) is 16.3. The Kier molecular flexibility index (Phi) is 2.83. The van der Waals surface area contributed by atoms with Gasteiger partial charge in [-0.25, -0.2) is 4.98 Å². The van der Waals surface area contributed by atoms with Gasteiger partial charge in [0.2, 0.25) is 5.91 Å². The quantitative estimate of drug-likeness (QED) is 0.781. The van der Waals surface area contributed by atoms with Crippen molar-refractivity contribution in [2.45, 2.75) is 25.7 Å². The fourth-order valence-corrected chi connectivity index (χ4v) is 2.38. The van der Waals surface area contributed by atoms with Crippen molar-refractivity contribution in [2.24, 2.45) is 5.73 Å². The van der Waals surface area contributed by atoms with Crippen LogP contribution in [-0.4, -0.2) is 27.6 Å². The van der Waals surface area contributed by atoms with Crippen LogP contribution in [0.1, 0.15) is 25.2 Å². The van der Waals surface area contributed by atoms with Gasteiger partial charge in [-0.05, 0) is 44.2 Å². The molecule has 2 aromatic rings. The maximum Gasteiger partial charge on any atom is 0.234 e. The SMILES string of the molecule is CC1(C)C(=O)Nc2ccc(-c3n[nH]c(CCN)n3)cc21. The lowest BCUT2D eigenvalue weighted by Gasteiger charge is -2.15. The molecule has 1 aliphatic heterocycles. The number of nitrogens with zero attached hydrogens (tertiary/aromatic N) is 2. The van der Waals surface area contributed by atoms with E-state index in [1.165, 1.54) is 0 Å². The highest BCUT2D eigenvalue weighted by atomic mass is 16.2. The van der Waals surface area contributed by atoms with E-state index in [9.17, 15) is 4.79 Å². The summed E-state index contributed by atoms with van der Waals surface area (Å²) in [5.74, 6) is 1.42. The molecule has 0 radical (unpaired) electrons. The van der Waals surface area contributed by atoms with Gasteiger partial charge in [-0.1, -0.05) is 0 Å². The van der Waals surface area contributed by atoms with Crippen molar-refractivity contribution in [3.05, 3.63) is 29.6 Å². The first-order valence-corrected chi connectivity index (χ1v) is 6.60. The summed E-state index contributed by atoms with van der Waals surface area (Å²) in [6.07, 6.45) is 0.670. The molecule has 2 heterocycles. The number of carbonyl (C=O) groups excluding carboxylic acids is 1. The minimum atomic E-state index is -0.526. The molecule has 0 fully saturated rings. The highest BCUT2D eigenvalue weighted by molar-refractivity contribution is 6.06. The number of aromatic nitrogens is 3. The van der Waals surface area contributed by atoms with Gasteiger partial charge in [-0.15, -0.1) is 0 Å². The third-order valence-electron chi connectivity index (χ3n) is 3.68. The first-order valence-electron chi connectivity index (χ1n) is 6.60. The standard InChI is InChI=1S/C14H17N5O/c1-14(2)9-7-8(3-4-10(9)16-13(14)20)12-17-11(5-6-15)18-19-12/h3-4,7H,5-6,15H2,1-2H3,(H,16,20)(H,17,18,19). The lowest BCUT2D eigenvalue weighted by molar-refractivity contribution is -0.119. The summed E-state index contributed by atoms with van der Waals surface area (Å²) in [6.45, 7) is 4.36. The molecule has 1 aromatic carbocycles. The van der Waals surface area contributed by atoms with Gasteiger partial charge >= 0.3 is 0 Å². The Bertz CT molecular complexity index is 674. The summed E-state index contributed by atoms with van der Waals surface area (Å²) >= 11 is 0. The van der Waals surface area contributed by atoms with Crippen molar-refractivity contribution >= 4 is 11.6 Å². The number of amides is 1. The Morgan fingerprint density at radius 3 is 2.90 bits per heavy atom. The van der Waals surface area contributed by atoms with Gasteiger partial charge in [-0.2, -0.15) is 5.10 Å². The lowest BCUT2D eigenvalue weighted by atomic mass is 9.85. The average Bonchev–Trinajstić information content (AvgIpc) is 2.95. The van der Waals surface area contributed by atoms with Crippen LogP contribution in [0.4, 0.5) is 5.69 Å². The van der Waals surface area contributed by atoms with Crippen molar-refractivity contribution in [1.29, 1.82) is 0 Å². The van der Waals surface area contributed by atoms with E-state index in [-0.39, 0.29) is 5.91 Å². The Morgan fingerprint density at radius 2 is 2.15 bits per heavy atom. The predicted octanol–water partition coefficient (Wildman–Crippen LogP) is 1.20. The Hall–Kier alpha value is -2.21. The normalized spacial score (nSPS) is 16.1. The van der Waals surface area contributed by atoms with E-state index >= 15 is 0 Å². The number of hydrogen-bond donors (Lipinski definition) is 3. The minimum Gasteiger partial charge on any atom is -0.330 e. The summed E-state index contributed by atoms with van der Waals surface area (Å²) in [6, 6.07) is 5.79. The molecule has 6 nitrogen and oxygen atoms in total. The topological polar surface area (TPSA) is 96.7 Å². The van der Waals surface area contributed by atoms with Crippen LogP contribution in [-0.2, 0) is 16.6 Å². The summed E-state index contributed by atoms with van der Waals surface area (Å²) < 4.78 is 0. The monoisotopic (exact) mass is 271 g/mol. The van der Waals surface area contributed by atoms with Crippen molar-refractivity contribution in [3.8, 4) is 11.4 Å². The molecule has 3 rings (SSSR count). The first kappa shape index (κ1) is 12.8. The molecule has 0 saturated carbocycles. The number of rotatable bonds is 3. The fourth-order valence-electron chi connectivity index (χ4n) is 2.38. The predicted molar refractivity (Wildman–Crippen MR) is 76.2 cm³/mol. The molecule has 0 aliphatic carbocycles. The van der Waals surface area contributed by atoms with Gasteiger partial charge in [0.25, 0.3) is 0 Å². The molecule has 1 aromatic heterocycles. The smallest absolute Gasteiger partial charge is 0.234 e. The van der Waals surface area contributed by atoms with Crippen LogP contribution in [0, 0.1) is 0 Å². The molecule has 6 heteroatoms. The van der Waals surface area contributed by atoms with E-state index in [1.54, 1.807) is 0 Å². The van der Waals surface area contributed by atoms with Gasteiger partial charge in [0.05, 0.1) is 5.41 Å². The van der Waals surface area contributed by atoms with Crippen LogP contribution in [0.15, 0.2) is 18.2 Å². The molecule has 0 saturated heterocycles. The van der Waals surface area contributed by atoms with Crippen molar-refractivity contribution < 1.29 is 4.79 Å². The third-order valence-corrected chi connectivity index (χ3v) is 3.68. The van der Waals surface area contributed by atoms with E-state index in [0.29, 0.717) is 18.8 Å². The van der Waals surface area contributed by atoms with Gasteiger partial charge in [-0.3, -0.25) is 9.89 Å². The number of hydrogen-bond acceptors (Lipinski definition) is 4. The number of nitrogens with two attached hydrogens (primary N) is 1. The number of nitrogens with one attached hydrogen (secondary N) is 2. The van der Waals surface area contributed by atoms with E-state index in [2.05, 4.69) is 20.5 Å². The fraction of sp³-hybridized carbons (Fsp3) is 0.357. The molecule has 104 valence electrons. The Morgan fingerprint density at radius 1 is 1.35 bits per heavy atom. The van der Waals surface area contributed by atoms with E-state index in [4.69, 9.17) is 5.73 Å². The summed E-state index contributed by atoms with van der Waals surface area (Å²) in [7, 11) is 0. The zero-order valence-electron chi connectivity index (χ0n) is 11.5. The second kappa shape index (κ2) is 4.42. The molecule has 0 unspecified atom stereocenters. The first-order chi connectivity index (χ1) is 9.52. The minimum absolute atomic E-state index is 0.0171. The van der Waals surface area contributed by atoms with Crippen LogP contribution < -0.4 is 11.1 Å². The van der Waals surface area contributed by atoms with Crippen molar-refractivity contribution in [2.75, 3.05) is 11.9 Å². The third kappa shape index (κ3) is 1.89. The maximum absolute atomic E-state index is 11.9. The van der Waals surface area contributed by atoms with Crippen LogP contribution >= 0.6 is 0 Å². The van der Waals surface area contributed by atoms with Crippen LogP contribution in [0.2, 0.25) is 0 Å². The van der Waals surface area contributed by atoms with Gasteiger partial charge in [0, 0.05) is 17.7 Å². The van der Waals surface area contributed by atoms with E-state index in [1.807, 2.05) is 32.0 Å². The highest BCUT2D eigenvalue weighted by Gasteiger charge is 2.38. The average molecular weight is 271 g/mol. The summed E-state index contributed by atoms with van der Waals surface area (Å²) in [5, 5.41) is 9.97. The maximum atomic E-state index is 11.9. The molecule has 1 amide bonds. The van der Waals surface area contributed by atoms with Crippen LogP contribution in [0.5, 0.6) is 0 Å². The molecule has 0 bridgehead atoms. The van der Waals surface area contributed by atoms with Crippen molar-refractivity contribution in [1.82, 2.24) is 15.2 Å². The zero-order valence-corrected chi connectivity index (χ0v) is 11.5. The van der Waals surface area contributed by atoms with Crippen molar-refractivity contribution in [3.63, 3.8) is 0 Å². The largest absolute Gasteiger partial charge is 0.330 e. The number of H-pyrrole nitrogens is 1. The number of anilines is 1. The second-order valence-electron chi connectivity index (χ2n) is 5.48. The Labute approximate surface area is 116 Å². The van der Waals surface area contributed by atoms with Crippen LogP contribution in [0.3, 0.4) is 0 Å². The van der Waals surface area contributed by atoms with E-state index < -0.39 is 5.41 Å². The summed E-state index contributed by atoms with van der Waals surface area (Å²) in [5.41, 5.74) is 7.71. The number of carbonyl (C=O) groups is 1. The van der Waals surface area contributed by atoms with E-state index in [0.717, 1.165) is 22.6 Å². The molecular formula is C14H17N5O. The highest BCUT2D eigenvalue weighted by Crippen LogP contribution is 2.38. The van der Waals surface area contributed by atoms with Gasteiger partial charge in [0.15, 0.2) is 5.82 Å². The number of aromatic amines is 1. The molecule has 20 heavy (non-hydrogen) atoms. The number of benzene rings is 1. The number of fused-ring (bicyclic) bond motifs is 1. The second-order valence-corrected chi connectivity index (χ2v) is 5.48. The molecule has 0 atom stereocenters. The molecule has 1 aliphatic rings.